The monoisotopic (exact) mass is 190 g/mol. The van der Waals surface area contributed by atoms with Crippen LogP contribution in [0, 0.1) is 0 Å². The van der Waals surface area contributed by atoms with Crippen LogP contribution >= 0.6 is 0 Å². The fourth-order valence-corrected chi connectivity index (χ4v) is 1.76. The Labute approximate surface area is 83.1 Å². The van der Waals surface area contributed by atoms with Gasteiger partial charge in [-0.25, -0.2) is 0 Å². The molecule has 0 radical (unpaired) electrons. The van der Waals surface area contributed by atoms with Crippen LogP contribution in [0.25, 0.3) is 10.9 Å². The molecule has 1 aromatic heterocycles. The number of aromatic nitrogens is 1. The number of rotatable bonds is 2. The number of hydrogen-bond donors (Lipinski definition) is 1. The third-order valence-electron chi connectivity index (χ3n) is 2.40. The molecule has 0 spiro atoms. The van der Waals surface area contributed by atoms with E-state index in [1.807, 2.05) is 25.2 Å². The van der Waals surface area contributed by atoms with Gasteiger partial charge in [0.15, 0.2) is 0 Å². The predicted octanol–water partition coefficient (Wildman–Crippen LogP) is 1.91. The zero-order valence-electron chi connectivity index (χ0n) is 8.45. The minimum atomic E-state index is 0.640. The number of benzene rings is 1. The summed E-state index contributed by atoms with van der Waals surface area (Å²) in [6, 6.07) is 5.94. The summed E-state index contributed by atoms with van der Waals surface area (Å²) in [6.45, 7) is 0.640. The van der Waals surface area contributed by atoms with Crippen LogP contribution in [0.2, 0.25) is 0 Å². The van der Waals surface area contributed by atoms with Crippen LogP contribution in [-0.4, -0.2) is 11.7 Å². The number of nitrogen functional groups attached to an aromatic ring is 1. The third-order valence-corrected chi connectivity index (χ3v) is 2.40. The summed E-state index contributed by atoms with van der Waals surface area (Å²) in [5.74, 6) is 0. The van der Waals surface area contributed by atoms with Crippen molar-refractivity contribution >= 4 is 16.6 Å². The summed E-state index contributed by atoms with van der Waals surface area (Å²) < 4.78 is 7.20. The van der Waals surface area contributed by atoms with E-state index in [-0.39, 0.29) is 0 Å². The van der Waals surface area contributed by atoms with Gasteiger partial charge in [0.1, 0.15) is 0 Å². The Morgan fingerprint density at radius 1 is 1.43 bits per heavy atom. The summed E-state index contributed by atoms with van der Waals surface area (Å²) in [4.78, 5) is 0. The predicted molar refractivity (Wildman–Crippen MR) is 58.0 cm³/mol. The van der Waals surface area contributed by atoms with Crippen molar-refractivity contribution in [2.75, 3.05) is 12.8 Å². The smallest absolute Gasteiger partial charge is 0.0733 e. The maximum atomic E-state index is 5.73. The van der Waals surface area contributed by atoms with Crippen LogP contribution < -0.4 is 5.73 Å². The lowest BCUT2D eigenvalue weighted by molar-refractivity contribution is 0.186. The average Bonchev–Trinajstić information content (AvgIpc) is 2.44. The van der Waals surface area contributed by atoms with E-state index in [0.29, 0.717) is 6.61 Å². The summed E-state index contributed by atoms with van der Waals surface area (Å²) >= 11 is 0. The number of ether oxygens (including phenoxy) is 1. The van der Waals surface area contributed by atoms with Gasteiger partial charge in [-0.15, -0.1) is 0 Å². The van der Waals surface area contributed by atoms with Gasteiger partial charge in [-0.05, 0) is 12.1 Å². The van der Waals surface area contributed by atoms with Crippen molar-refractivity contribution in [1.29, 1.82) is 0 Å². The second kappa shape index (κ2) is 3.35. The van der Waals surface area contributed by atoms with Gasteiger partial charge in [-0.3, -0.25) is 0 Å². The van der Waals surface area contributed by atoms with E-state index in [2.05, 4.69) is 10.8 Å². The fraction of sp³-hybridized carbons (Fsp3) is 0.273. The molecule has 2 rings (SSSR count). The van der Waals surface area contributed by atoms with E-state index in [1.165, 1.54) is 10.9 Å². The second-order valence-corrected chi connectivity index (χ2v) is 3.47. The molecular weight excluding hydrogens is 176 g/mol. The second-order valence-electron chi connectivity index (χ2n) is 3.47. The van der Waals surface area contributed by atoms with Gasteiger partial charge < -0.3 is 15.0 Å². The SMILES string of the molecule is COCc1cn(C)c2cc(N)ccc12. The molecule has 0 saturated heterocycles. The number of hydrogen-bond acceptors (Lipinski definition) is 2. The van der Waals surface area contributed by atoms with Gasteiger partial charge in [-0.1, -0.05) is 6.07 Å². The van der Waals surface area contributed by atoms with Crippen LogP contribution in [0.5, 0.6) is 0 Å². The molecule has 14 heavy (non-hydrogen) atoms. The lowest BCUT2D eigenvalue weighted by Crippen LogP contribution is -1.87. The molecule has 2 aromatic rings. The molecule has 0 amide bonds. The maximum absolute atomic E-state index is 5.73. The van der Waals surface area contributed by atoms with Crippen molar-refractivity contribution in [3.05, 3.63) is 30.0 Å². The van der Waals surface area contributed by atoms with Gasteiger partial charge in [0.25, 0.3) is 0 Å². The first-order valence-electron chi connectivity index (χ1n) is 4.54. The van der Waals surface area contributed by atoms with E-state index in [0.717, 1.165) is 11.2 Å². The van der Waals surface area contributed by atoms with Crippen LogP contribution in [0.15, 0.2) is 24.4 Å². The van der Waals surface area contributed by atoms with Gasteiger partial charge in [0, 0.05) is 37.0 Å². The Balaban J connectivity index is 2.65. The molecule has 0 aliphatic rings. The summed E-state index contributed by atoms with van der Waals surface area (Å²) in [5, 5.41) is 1.21. The van der Waals surface area contributed by atoms with Gasteiger partial charge in [0.05, 0.1) is 12.1 Å². The minimum absolute atomic E-state index is 0.640. The van der Waals surface area contributed by atoms with Crippen molar-refractivity contribution < 1.29 is 4.74 Å². The molecule has 3 nitrogen and oxygen atoms in total. The Bertz CT molecular complexity index is 460. The van der Waals surface area contributed by atoms with Crippen molar-refractivity contribution in [3.8, 4) is 0 Å². The van der Waals surface area contributed by atoms with Crippen molar-refractivity contribution in [2.45, 2.75) is 6.61 Å². The Kier molecular flexibility index (Phi) is 2.17. The normalized spacial score (nSPS) is 11.0. The Morgan fingerprint density at radius 2 is 2.21 bits per heavy atom. The molecular formula is C11H14N2O. The van der Waals surface area contributed by atoms with Crippen LogP contribution in [0.1, 0.15) is 5.56 Å². The molecule has 0 aliphatic heterocycles. The number of anilines is 1. The lowest BCUT2D eigenvalue weighted by atomic mass is 10.2. The molecule has 0 fully saturated rings. The minimum Gasteiger partial charge on any atom is -0.399 e. The first-order valence-corrected chi connectivity index (χ1v) is 4.54. The lowest BCUT2D eigenvalue weighted by Gasteiger charge is -1.98. The van der Waals surface area contributed by atoms with E-state index in [9.17, 15) is 0 Å². The summed E-state index contributed by atoms with van der Waals surface area (Å²) in [5.41, 5.74) is 8.87. The highest BCUT2D eigenvalue weighted by atomic mass is 16.5. The molecule has 0 saturated carbocycles. The number of nitrogens with two attached hydrogens (primary N) is 1. The number of methoxy groups -OCH3 is 1. The Morgan fingerprint density at radius 3 is 2.93 bits per heavy atom. The molecule has 0 bridgehead atoms. The van der Waals surface area contributed by atoms with Crippen molar-refractivity contribution in [1.82, 2.24) is 4.57 Å². The largest absolute Gasteiger partial charge is 0.399 e. The summed E-state index contributed by atoms with van der Waals surface area (Å²) in [7, 11) is 3.72. The highest BCUT2D eigenvalue weighted by molar-refractivity contribution is 5.86. The van der Waals surface area contributed by atoms with Gasteiger partial charge in [0.2, 0.25) is 0 Å². The topological polar surface area (TPSA) is 40.2 Å². The number of aryl methyl sites for hydroxylation is 1. The molecule has 0 atom stereocenters. The average molecular weight is 190 g/mol. The van der Waals surface area contributed by atoms with Crippen molar-refractivity contribution in [2.24, 2.45) is 7.05 Å². The summed E-state index contributed by atoms with van der Waals surface area (Å²) in [6.07, 6.45) is 2.08. The van der Waals surface area contributed by atoms with Crippen LogP contribution in [0.3, 0.4) is 0 Å². The van der Waals surface area contributed by atoms with Crippen LogP contribution in [0.4, 0.5) is 5.69 Å². The molecule has 3 heteroatoms. The number of nitrogens with zero attached hydrogens (tertiary/aromatic N) is 1. The zero-order valence-corrected chi connectivity index (χ0v) is 8.45. The molecule has 1 heterocycles. The zero-order chi connectivity index (χ0) is 10.1. The van der Waals surface area contributed by atoms with Crippen molar-refractivity contribution in [3.63, 3.8) is 0 Å². The van der Waals surface area contributed by atoms with E-state index in [4.69, 9.17) is 10.5 Å². The standard InChI is InChI=1S/C11H14N2O/c1-13-6-8(7-14-2)10-4-3-9(12)5-11(10)13/h3-6H,7,12H2,1-2H3. The highest BCUT2D eigenvalue weighted by Gasteiger charge is 2.05. The third kappa shape index (κ3) is 1.36. The van der Waals surface area contributed by atoms with E-state index >= 15 is 0 Å². The highest BCUT2D eigenvalue weighted by Crippen LogP contribution is 2.23. The van der Waals surface area contributed by atoms with Gasteiger partial charge >= 0.3 is 0 Å². The molecule has 0 aliphatic carbocycles. The molecule has 1 aromatic carbocycles. The van der Waals surface area contributed by atoms with E-state index in [1.54, 1.807) is 7.11 Å². The first kappa shape index (κ1) is 9.09. The molecule has 2 N–H and O–H groups in total. The van der Waals surface area contributed by atoms with E-state index < -0.39 is 0 Å². The van der Waals surface area contributed by atoms with Gasteiger partial charge in [-0.2, -0.15) is 0 Å². The quantitative estimate of drug-likeness (QED) is 0.735. The molecule has 74 valence electrons. The first-order chi connectivity index (χ1) is 6.72. The maximum Gasteiger partial charge on any atom is 0.0733 e. The van der Waals surface area contributed by atoms with Crippen LogP contribution in [-0.2, 0) is 18.4 Å². The number of fused-ring (bicyclic) bond motifs is 1. The Hall–Kier alpha value is -1.48. The molecule has 0 unspecified atom stereocenters. The fourth-order valence-electron chi connectivity index (χ4n) is 1.76.